The molecule has 14 nitrogen and oxygen atoms in total. The third-order valence-electron chi connectivity index (χ3n) is 6.85. The molecule has 2 fully saturated rings. The van der Waals surface area contributed by atoms with E-state index in [-0.39, 0.29) is 40.8 Å². The van der Waals surface area contributed by atoms with E-state index < -0.39 is 40.8 Å². The highest BCUT2D eigenvalue weighted by Gasteiger charge is 2.54. The summed E-state index contributed by atoms with van der Waals surface area (Å²) in [6.45, 7) is 0.441. The van der Waals surface area contributed by atoms with Crippen molar-refractivity contribution in [3.8, 4) is 0 Å². The zero-order valence-electron chi connectivity index (χ0n) is 21.4. The van der Waals surface area contributed by atoms with Crippen LogP contribution in [0.25, 0.3) is 0 Å². The van der Waals surface area contributed by atoms with E-state index in [1.54, 1.807) is 30.5 Å². The van der Waals surface area contributed by atoms with Crippen molar-refractivity contribution in [3.05, 3.63) is 59.0 Å². The number of carboxylic acids is 2. The molecule has 2 aromatic rings. The van der Waals surface area contributed by atoms with Crippen molar-refractivity contribution in [1.29, 1.82) is 0 Å². The Labute approximate surface area is 241 Å². The van der Waals surface area contributed by atoms with Crippen LogP contribution in [0.3, 0.4) is 0 Å². The van der Waals surface area contributed by atoms with Gasteiger partial charge in [0.2, 0.25) is 5.60 Å². The summed E-state index contributed by atoms with van der Waals surface area (Å²) in [5, 5.41) is 26.8. The van der Waals surface area contributed by atoms with Crippen molar-refractivity contribution in [1.82, 2.24) is 15.2 Å². The Hall–Kier alpha value is -4.44. The number of thiazole rings is 1. The van der Waals surface area contributed by atoms with Gasteiger partial charge in [0.1, 0.15) is 22.8 Å². The molecular formula is C25H26N7O7S2+. The molecule has 41 heavy (non-hydrogen) atoms. The lowest BCUT2D eigenvalue weighted by molar-refractivity contribution is -0.686. The zero-order chi connectivity index (χ0) is 29.3. The molecule has 0 aromatic carbocycles. The molecule has 1 saturated heterocycles. The number of allylic oxidation sites excluding steroid dienone is 2. The highest BCUT2D eigenvalue weighted by Crippen LogP contribution is 2.41. The van der Waals surface area contributed by atoms with E-state index in [0.29, 0.717) is 24.2 Å². The number of nitrogens with one attached hydrogen (secondary N) is 1. The van der Waals surface area contributed by atoms with Gasteiger partial charge in [-0.1, -0.05) is 11.2 Å². The standard InChI is InChI=1S/C25H25N7O7S2/c26-14-5-2-9-31(10-14)8-1-4-13-11-40-21-17(20(34)32(21)18(13)22(35)36)29-19(33)16(15-12-41-24(27)28-15)30-39-25(23(37)38)6-3-7-25/h1-2,4-5,9-10,12,17,21H,3,6-8,11,26H2,(H4-,27,28,29,33,35,36,37,38)/p+1/b4-1+,30-16-/t17?,21-/m1/s1. The maximum Gasteiger partial charge on any atom is 0.352 e. The number of nitrogens with two attached hydrogens (primary N) is 2. The number of carboxylic acid groups (broad SMARTS) is 2. The summed E-state index contributed by atoms with van der Waals surface area (Å²) >= 11 is 2.34. The molecule has 16 heteroatoms. The van der Waals surface area contributed by atoms with Crippen molar-refractivity contribution >= 4 is 63.4 Å². The van der Waals surface area contributed by atoms with Crippen molar-refractivity contribution in [2.75, 3.05) is 17.2 Å². The minimum atomic E-state index is -1.54. The predicted molar refractivity (Wildman–Crippen MR) is 148 cm³/mol. The Balaban J connectivity index is 1.32. The van der Waals surface area contributed by atoms with Gasteiger partial charge in [-0.05, 0) is 24.1 Å². The minimum Gasteiger partial charge on any atom is -0.478 e. The van der Waals surface area contributed by atoms with Crippen LogP contribution in [-0.4, -0.2) is 72.3 Å². The van der Waals surface area contributed by atoms with Gasteiger partial charge in [-0.2, -0.15) is 4.57 Å². The number of aromatic nitrogens is 2. The minimum absolute atomic E-state index is 0.0568. The number of hydrogen-bond donors (Lipinski definition) is 5. The van der Waals surface area contributed by atoms with Crippen LogP contribution in [0, 0.1) is 0 Å². The second kappa shape index (κ2) is 11.2. The lowest BCUT2D eigenvalue weighted by atomic mass is 9.80. The molecule has 7 N–H and O–H groups in total. The topological polar surface area (TPSA) is 214 Å². The van der Waals surface area contributed by atoms with E-state index in [2.05, 4.69) is 15.5 Å². The van der Waals surface area contributed by atoms with Crippen molar-refractivity contribution in [3.63, 3.8) is 0 Å². The van der Waals surface area contributed by atoms with E-state index in [0.717, 1.165) is 16.2 Å². The summed E-state index contributed by atoms with van der Waals surface area (Å²) < 4.78 is 1.83. The molecule has 2 aliphatic heterocycles. The van der Waals surface area contributed by atoms with Crippen LogP contribution < -0.4 is 21.4 Å². The van der Waals surface area contributed by atoms with Crippen molar-refractivity contribution < 1.29 is 38.8 Å². The Kier molecular flexibility index (Phi) is 7.68. The molecule has 2 aromatic heterocycles. The number of pyridine rings is 1. The van der Waals surface area contributed by atoms with Gasteiger partial charge in [0.05, 0.1) is 5.69 Å². The van der Waals surface area contributed by atoms with Gasteiger partial charge in [-0.15, -0.1) is 23.1 Å². The number of oxime groups is 1. The molecule has 4 heterocycles. The first-order chi connectivity index (χ1) is 19.6. The zero-order valence-corrected chi connectivity index (χ0v) is 23.1. The molecule has 2 amide bonds. The van der Waals surface area contributed by atoms with Gasteiger partial charge >= 0.3 is 11.9 Å². The van der Waals surface area contributed by atoms with Gasteiger partial charge in [-0.3, -0.25) is 14.5 Å². The highest BCUT2D eigenvalue weighted by molar-refractivity contribution is 8.00. The van der Waals surface area contributed by atoms with Gasteiger partial charge in [0.15, 0.2) is 29.8 Å². The number of carbonyl (C=O) groups is 4. The predicted octanol–water partition coefficient (Wildman–Crippen LogP) is 0.318. The van der Waals surface area contributed by atoms with Crippen LogP contribution in [0.2, 0.25) is 0 Å². The number of rotatable bonds is 10. The Bertz CT molecular complexity index is 1510. The summed E-state index contributed by atoms with van der Waals surface area (Å²) in [7, 11) is 0. The molecule has 0 spiro atoms. The average molecular weight is 601 g/mol. The van der Waals surface area contributed by atoms with Crippen molar-refractivity contribution in [2.45, 2.75) is 42.8 Å². The number of fused-ring (bicyclic) bond motifs is 1. The number of aliphatic carboxylic acids is 2. The third-order valence-corrected chi connectivity index (χ3v) is 8.82. The number of nitrogen functional groups attached to an aromatic ring is 2. The number of hydrogen-bond acceptors (Lipinski definition) is 11. The first-order valence-electron chi connectivity index (χ1n) is 12.4. The summed E-state index contributed by atoms with van der Waals surface area (Å²) in [5.41, 5.74) is 10.6. The van der Waals surface area contributed by atoms with Crippen LogP contribution in [0.4, 0.5) is 10.8 Å². The van der Waals surface area contributed by atoms with Gasteiger partial charge in [-0.25, -0.2) is 14.6 Å². The number of carbonyl (C=O) groups excluding carboxylic acids is 2. The third kappa shape index (κ3) is 5.47. The Morgan fingerprint density at radius 2 is 2.10 bits per heavy atom. The molecule has 3 aliphatic rings. The van der Waals surface area contributed by atoms with Gasteiger partial charge in [0, 0.05) is 30.0 Å². The molecule has 1 aliphatic carbocycles. The lowest BCUT2D eigenvalue weighted by Crippen LogP contribution is -2.71. The normalized spacial score (nSPS) is 21.6. The van der Waals surface area contributed by atoms with Crippen LogP contribution in [0.5, 0.6) is 0 Å². The molecule has 0 radical (unpaired) electrons. The van der Waals surface area contributed by atoms with E-state index in [1.165, 1.54) is 17.1 Å². The molecule has 1 saturated carbocycles. The quantitative estimate of drug-likeness (QED) is 0.108. The largest absolute Gasteiger partial charge is 0.478 e. The summed E-state index contributed by atoms with van der Waals surface area (Å²) in [5.74, 6) is -3.62. The van der Waals surface area contributed by atoms with Crippen LogP contribution in [0.1, 0.15) is 25.0 Å². The maximum absolute atomic E-state index is 13.3. The van der Waals surface area contributed by atoms with E-state index in [4.69, 9.17) is 16.3 Å². The lowest BCUT2D eigenvalue weighted by Gasteiger charge is -2.49. The maximum atomic E-state index is 13.3. The van der Waals surface area contributed by atoms with Crippen LogP contribution in [0.15, 0.2) is 58.5 Å². The summed E-state index contributed by atoms with van der Waals surface area (Å²) in [6.07, 6.45) is 8.09. The van der Waals surface area contributed by atoms with Gasteiger partial charge < -0.3 is 31.8 Å². The average Bonchev–Trinajstić information content (AvgIpc) is 3.33. The molecule has 0 bridgehead atoms. The Morgan fingerprint density at radius 1 is 1.32 bits per heavy atom. The first-order valence-corrected chi connectivity index (χ1v) is 14.4. The van der Waals surface area contributed by atoms with E-state index >= 15 is 0 Å². The summed E-state index contributed by atoms with van der Waals surface area (Å²) in [4.78, 5) is 60.8. The Morgan fingerprint density at radius 3 is 2.71 bits per heavy atom. The SMILES string of the molecule is Nc1ccc[n+](C/C=C/C2=C(C(=O)O)N3C(=O)C(NC(=O)/C(=N\OC4(C(=O)O)CCC4)c4csc(N)n4)[C@H]3SC2)c1. The molecule has 214 valence electrons. The van der Waals surface area contributed by atoms with E-state index in [1.807, 2.05) is 10.8 Å². The number of anilines is 2. The first kappa shape index (κ1) is 28.1. The smallest absolute Gasteiger partial charge is 0.352 e. The van der Waals surface area contributed by atoms with E-state index in [9.17, 15) is 29.4 Å². The van der Waals surface area contributed by atoms with Crippen LogP contribution in [-0.2, 0) is 30.6 Å². The van der Waals surface area contributed by atoms with Crippen molar-refractivity contribution in [2.24, 2.45) is 5.16 Å². The fourth-order valence-electron chi connectivity index (χ4n) is 4.53. The highest BCUT2D eigenvalue weighted by atomic mass is 32.2. The molecular weight excluding hydrogens is 574 g/mol. The van der Waals surface area contributed by atoms with Crippen LogP contribution >= 0.6 is 23.1 Å². The van der Waals surface area contributed by atoms with Gasteiger partial charge in [0.25, 0.3) is 11.8 Å². The number of amides is 2. The monoisotopic (exact) mass is 600 g/mol. The second-order valence-corrected chi connectivity index (χ2v) is 11.5. The number of thioether (sulfide) groups is 1. The fourth-order valence-corrected chi connectivity index (χ4v) is 6.40. The fraction of sp³-hybridized carbons (Fsp3) is 0.320. The molecule has 2 atom stereocenters. The number of β-lactam (4-membered cyclic amide) rings is 1. The number of nitrogens with zero attached hydrogens (tertiary/aromatic N) is 4. The molecule has 1 unspecified atom stereocenters. The molecule has 5 rings (SSSR count). The summed E-state index contributed by atoms with van der Waals surface area (Å²) in [6, 6.07) is 2.50. The second-order valence-electron chi connectivity index (χ2n) is 9.53.